The summed E-state index contributed by atoms with van der Waals surface area (Å²) in [6, 6.07) is 17.6. The first-order chi connectivity index (χ1) is 18.1. The lowest BCUT2D eigenvalue weighted by atomic mass is 10.0. The number of imidazole rings is 1. The van der Waals surface area contributed by atoms with Crippen LogP contribution in [0.5, 0.6) is 0 Å². The molecular formula is C28H28N6O3. The number of anilines is 1. The normalized spacial score (nSPS) is 17.8. The molecule has 4 heterocycles. The van der Waals surface area contributed by atoms with Gasteiger partial charge >= 0.3 is 6.09 Å². The van der Waals surface area contributed by atoms with Crippen molar-refractivity contribution in [3.63, 3.8) is 0 Å². The molecule has 2 aromatic heterocycles. The fourth-order valence-corrected chi connectivity index (χ4v) is 5.30. The van der Waals surface area contributed by atoms with E-state index in [1.165, 1.54) is 0 Å². The van der Waals surface area contributed by atoms with E-state index in [1.54, 1.807) is 24.2 Å². The van der Waals surface area contributed by atoms with Crippen LogP contribution in [0.3, 0.4) is 0 Å². The summed E-state index contributed by atoms with van der Waals surface area (Å²) in [5.41, 5.74) is 5.24. The Balaban J connectivity index is 1.27. The number of likely N-dealkylation sites (tertiary alicyclic amines) is 1. The van der Waals surface area contributed by atoms with Crippen LogP contribution in [0.4, 0.5) is 10.5 Å². The topological polar surface area (TPSA) is 103 Å². The quantitative estimate of drug-likeness (QED) is 0.411. The number of aromatic nitrogens is 3. The highest BCUT2D eigenvalue weighted by molar-refractivity contribution is 6.00. The van der Waals surface area contributed by atoms with E-state index in [4.69, 9.17) is 9.72 Å². The van der Waals surface area contributed by atoms with Gasteiger partial charge in [-0.05, 0) is 56.2 Å². The Morgan fingerprint density at radius 1 is 1.14 bits per heavy atom. The molecule has 188 valence electrons. The minimum absolute atomic E-state index is 0.0103. The van der Waals surface area contributed by atoms with Gasteiger partial charge in [-0.15, -0.1) is 0 Å². The molecule has 1 fully saturated rings. The molecule has 1 atom stereocenters. The van der Waals surface area contributed by atoms with Crippen molar-refractivity contribution in [3.8, 4) is 11.4 Å². The number of nitrogens with zero attached hydrogens (tertiary/aromatic N) is 4. The molecular weight excluding hydrogens is 468 g/mol. The summed E-state index contributed by atoms with van der Waals surface area (Å²) < 4.78 is 5.16. The maximum absolute atomic E-state index is 13.5. The lowest BCUT2D eigenvalue weighted by molar-refractivity contribution is 0.0496. The van der Waals surface area contributed by atoms with Crippen LogP contribution in [0.1, 0.15) is 41.9 Å². The number of fused-ring (bicyclic) bond motifs is 2. The van der Waals surface area contributed by atoms with Crippen LogP contribution in [0.15, 0.2) is 67.0 Å². The Bertz CT molecular complexity index is 1440. The van der Waals surface area contributed by atoms with Gasteiger partial charge in [0.1, 0.15) is 12.0 Å². The molecule has 0 spiro atoms. The van der Waals surface area contributed by atoms with Crippen molar-refractivity contribution in [3.05, 3.63) is 78.1 Å². The summed E-state index contributed by atoms with van der Waals surface area (Å²) in [5.74, 6) is 0.779. The van der Waals surface area contributed by atoms with Gasteiger partial charge in [-0.25, -0.2) is 9.78 Å². The fraction of sp³-hybridized carbons (Fsp3) is 0.286. The number of piperidine rings is 1. The molecule has 0 aliphatic carbocycles. The van der Waals surface area contributed by atoms with E-state index in [0.29, 0.717) is 38.1 Å². The molecule has 0 unspecified atom stereocenters. The molecule has 0 saturated carbocycles. The first-order valence-corrected chi connectivity index (χ1v) is 12.6. The van der Waals surface area contributed by atoms with Crippen molar-refractivity contribution in [2.45, 2.75) is 32.0 Å². The first kappa shape index (κ1) is 23.0. The average Bonchev–Trinajstić information content (AvgIpc) is 3.48. The van der Waals surface area contributed by atoms with Crippen molar-refractivity contribution in [2.24, 2.45) is 0 Å². The summed E-state index contributed by atoms with van der Waals surface area (Å²) in [4.78, 5) is 41.7. The summed E-state index contributed by atoms with van der Waals surface area (Å²) >= 11 is 0. The van der Waals surface area contributed by atoms with Gasteiger partial charge in [-0.3, -0.25) is 9.78 Å². The number of aromatic amines is 1. The summed E-state index contributed by atoms with van der Waals surface area (Å²) in [6.45, 7) is 3.29. The third kappa shape index (κ3) is 4.26. The zero-order chi connectivity index (χ0) is 25.4. The highest BCUT2D eigenvalue weighted by atomic mass is 16.6. The van der Waals surface area contributed by atoms with Gasteiger partial charge < -0.3 is 24.8 Å². The molecule has 4 aromatic rings. The van der Waals surface area contributed by atoms with Crippen LogP contribution in [-0.2, 0) is 4.74 Å². The Hall–Kier alpha value is -4.40. The Morgan fingerprint density at radius 3 is 2.76 bits per heavy atom. The van der Waals surface area contributed by atoms with Crippen molar-refractivity contribution < 1.29 is 14.3 Å². The Morgan fingerprint density at radius 2 is 1.97 bits per heavy atom. The van der Waals surface area contributed by atoms with Crippen LogP contribution >= 0.6 is 0 Å². The smallest absolute Gasteiger partial charge is 0.409 e. The van der Waals surface area contributed by atoms with Crippen molar-refractivity contribution in [1.29, 1.82) is 0 Å². The van der Waals surface area contributed by atoms with Crippen molar-refractivity contribution in [1.82, 2.24) is 24.8 Å². The van der Waals surface area contributed by atoms with Gasteiger partial charge in [0.05, 0.1) is 17.6 Å². The molecule has 2 N–H and O–H groups in total. The number of H-pyrrole nitrogens is 1. The minimum atomic E-state index is -0.305. The predicted octanol–water partition coefficient (Wildman–Crippen LogP) is 4.81. The van der Waals surface area contributed by atoms with Crippen LogP contribution in [-0.4, -0.2) is 62.5 Å². The van der Waals surface area contributed by atoms with Crippen molar-refractivity contribution in [2.75, 3.05) is 25.0 Å². The van der Waals surface area contributed by atoms with Crippen LogP contribution in [0.2, 0.25) is 0 Å². The second-order valence-electron chi connectivity index (χ2n) is 9.32. The second-order valence-corrected chi connectivity index (χ2v) is 9.32. The highest BCUT2D eigenvalue weighted by Gasteiger charge is 2.42. The molecule has 2 amide bonds. The van der Waals surface area contributed by atoms with Crippen LogP contribution in [0.25, 0.3) is 22.4 Å². The van der Waals surface area contributed by atoms with Crippen LogP contribution < -0.4 is 5.32 Å². The molecule has 0 radical (unpaired) electrons. The number of ether oxygens (including phenoxy) is 1. The summed E-state index contributed by atoms with van der Waals surface area (Å²) in [7, 11) is 0. The average molecular weight is 497 g/mol. The van der Waals surface area contributed by atoms with Gasteiger partial charge in [0.2, 0.25) is 0 Å². The van der Waals surface area contributed by atoms with E-state index in [2.05, 4.69) is 15.3 Å². The van der Waals surface area contributed by atoms with E-state index in [1.807, 2.05) is 59.5 Å². The molecule has 1 saturated heterocycles. The largest absolute Gasteiger partial charge is 0.450 e. The van der Waals surface area contributed by atoms with E-state index in [-0.39, 0.29) is 24.2 Å². The number of benzene rings is 2. The number of carbonyl (C=O) groups excluding carboxylic acids is 2. The molecule has 0 bridgehead atoms. The number of hydrogen-bond acceptors (Lipinski definition) is 6. The minimum Gasteiger partial charge on any atom is -0.450 e. The lowest BCUT2D eigenvalue weighted by Crippen LogP contribution is -2.49. The van der Waals surface area contributed by atoms with E-state index >= 15 is 0 Å². The molecule has 9 nitrogen and oxygen atoms in total. The number of pyridine rings is 1. The third-order valence-corrected chi connectivity index (χ3v) is 7.10. The Kier molecular flexibility index (Phi) is 5.96. The third-order valence-electron chi connectivity index (χ3n) is 7.10. The summed E-state index contributed by atoms with van der Waals surface area (Å²) in [6.07, 6.45) is 4.33. The zero-order valence-corrected chi connectivity index (χ0v) is 20.6. The first-order valence-electron chi connectivity index (χ1n) is 12.6. The molecule has 6 rings (SSSR count). The Labute approximate surface area is 214 Å². The van der Waals surface area contributed by atoms with Crippen LogP contribution in [0, 0.1) is 0 Å². The number of amides is 2. The fourth-order valence-electron chi connectivity index (χ4n) is 5.30. The SMILES string of the molecule is CCOC(=O)N1CCC(N2C(=O)c3ccccc3[C@@H]2Nc2ccc3nc(-c4cccnc4)[nH]c3c2)CC1. The number of nitrogens with one attached hydrogen (secondary N) is 2. The number of hydrogen-bond donors (Lipinski definition) is 2. The number of rotatable bonds is 5. The van der Waals surface area contributed by atoms with Gasteiger partial charge in [0.15, 0.2) is 0 Å². The standard InChI is InChI=1S/C28H28N6O3/c1-2-37-28(36)33-14-11-20(12-15-33)34-26(21-7-3-4-8-22(21)27(34)35)30-19-9-10-23-24(16-19)32-25(31-23)18-6-5-13-29-17-18/h3-10,13,16-17,20,26,30H,2,11-12,14-15H2,1H3,(H,31,32)/t26-/m1/s1. The molecule has 37 heavy (non-hydrogen) atoms. The highest BCUT2D eigenvalue weighted by Crippen LogP contribution is 2.38. The van der Waals surface area contributed by atoms with E-state index in [9.17, 15) is 9.59 Å². The van der Waals surface area contributed by atoms with Crippen molar-refractivity contribution >= 4 is 28.7 Å². The second kappa shape index (κ2) is 9.57. The maximum atomic E-state index is 13.5. The zero-order valence-electron chi connectivity index (χ0n) is 20.6. The maximum Gasteiger partial charge on any atom is 0.409 e. The van der Waals surface area contributed by atoms with Gasteiger partial charge in [0, 0.05) is 53.9 Å². The lowest BCUT2D eigenvalue weighted by Gasteiger charge is -2.39. The summed E-state index contributed by atoms with van der Waals surface area (Å²) in [5, 5.41) is 3.61. The monoisotopic (exact) mass is 496 g/mol. The molecule has 9 heteroatoms. The van der Waals surface area contributed by atoms with E-state index < -0.39 is 0 Å². The van der Waals surface area contributed by atoms with E-state index in [0.717, 1.165) is 33.7 Å². The molecule has 2 aromatic carbocycles. The number of carbonyl (C=O) groups is 2. The molecule has 2 aliphatic heterocycles. The predicted molar refractivity (Wildman–Crippen MR) is 140 cm³/mol. The van der Waals surface area contributed by atoms with Gasteiger partial charge in [-0.2, -0.15) is 0 Å². The van der Waals surface area contributed by atoms with Gasteiger partial charge in [0.25, 0.3) is 5.91 Å². The van der Waals surface area contributed by atoms with Gasteiger partial charge in [-0.1, -0.05) is 18.2 Å². The molecule has 2 aliphatic rings.